The molecule has 0 N–H and O–H groups in total. The number of hydrogen-bond acceptors (Lipinski definition) is 3. The van der Waals surface area contributed by atoms with Gasteiger partial charge in [-0.3, -0.25) is 0 Å². The van der Waals surface area contributed by atoms with Crippen LogP contribution in [0.1, 0.15) is 25.0 Å². The van der Waals surface area contributed by atoms with Crippen molar-refractivity contribution in [3.8, 4) is 11.1 Å². The first-order chi connectivity index (χ1) is 32.5. The Labute approximate surface area is 380 Å². The Hall–Kier alpha value is -8.40. The van der Waals surface area contributed by atoms with E-state index in [9.17, 15) is 0 Å². The Kier molecular flexibility index (Phi) is 7.74. The first kappa shape index (κ1) is 37.0. The zero-order valence-electron chi connectivity index (χ0n) is 36.5. The lowest BCUT2D eigenvalue weighted by molar-refractivity contribution is 0.660. The molecule has 0 unspecified atom stereocenters. The van der Waals surface area contributed by atoms with Crippen LogP contribution in [0.4, 0.5) is 17.1 Å². The van der Waals surface area contributed by atoms with Crippen LogP contribution in [0.2, 0.25) is 0 Å². The van der Waals surface area contributed by atoms with Crippen LogP contribution in [0, 0.1) is 0 Å². The highest BCUT2D eigenvalue weighted by Gasteiger charge is 2.36. The minimum atomic E-state index is -0.171. The molecule has 0 spiro atoms. The smallest absolute Gasteiger partial charge is 0.143 e. The molecule has 3 nitrogen and oxygen atoms in total. The minimum Gasteiger partial charge on any atom is -0.456 e. The average molecular weight is 844 g/mol. The summed E-state index contributed by atoms with van der Waals surface area (Å²) in [6, 6.07) is 77.6. The third-order valence-corrected chi connectivity index (χ3v) is 14.5. The van der Waals surface area contributed by atoms with Gasteiger partial charge in [0, 0.05) is 49.4 Å². The molecule has 2 aromatic heterocycles. The van der Waals surface area contributed by atoms with Crippen LogP contribution in [-0.2, 0) is 5.41 Å². The zero-order chi connectivity index (χ0) is 43.7. The quantitative estimate of drug-likeness (QED) is 0.177. The summed E-state index contributed by atoms with van der Waals surface area (Å²) >= 11 is 0. The third-order valence-electron chi connectivity index (χ3n) is 14.5. The van der Waals surface area contributed by atoms with Crippen LogP contribution >= 0.6 is 0 Å². The van der Waals surface area contributed by atoms with Crippen LogP contribution in [-0.4, -0.2) is 0 Å². The summed E-state index contributed by atoms with van der Waals surface area (Å²) < 4.78 is 13.3. The van der Waals surface area contributed by atoms with E-state index in [1.165, 1.54) is 49.2 Å². The Morgan fingerprint density at radius 1 is 0.303 bits per heavy atom. The van der Waals surface area contributed by atoms with Gasteiger partial charge in [0.1, 0.15) is 22.3 Å². The van der Waals surface area contributed by atoms with Crippen molar-refractivity contribution in [1.82, 2.24) is 0 Å². The van der Waals surface area contributed by atoms with Crippen LogP contribution < -0.4 is 4.90 Å². The van der Waals surface area contributed by atoms with Gasteiger partial charge in [-0.2, -0.15) is 0 Å². The highest BCUT2D eigenvalue weighted by Crippen LogP contribution is 2.51. The second-order valence-corrected chi connectivity index (χ2v) is 18.3. The lowest BCUT2D eigenvalue weighted by Gasteiger charge is -2.28. The van der Waals surface area contributed by atoms with Gasteiger partial charge in [0.2, 0.25) is 0 Å². The van der Waals surface area contributed by atoms with Gasteiger partial charge in [-0.05, 0) is 131 Å². The minimum absolute atomic E-state index is 0.171. The van der Waals surface area contributed by atoms with Gasteiger partial charge in [-0.1, -0.05) is 166 Å². The van der Waals surface area contributed by atoms with Gasteiger partial charge in [0.05, 0.1) is 0 Å². The molecule has 0 bridgehead atoms. The Balaban J connectivity index is 1.14. The third kappa shape index (κ3) is 5.26. The second kappa shape index (κ2) is 13.8. The summed E-state index contributed by atoms with van der Waals surface area (Å²) in [5, 5.41) is 16.0. The van der Waals surface area contributed by atoms with Crippen LogP contribution in [0.3, 0.4) is 0 Å². The molecule has 0 radical (unpaired) electrons. The van der Waals surface area contributed by atoms with Gasteiger partial charge in [-0.25, -0.2) is 0 Å². The predicted molar refractivity (Wildman–Crippen MR) is 278 cm³/mol. The molecule has 0 atom stereocenters. The monoisotopic (exact) mass is 843 g/mol. The molecule has 1 aliphatic rings. The number of furan rings is 2. The van der Waals surface area contributed by atoms with E-state index < -0.39 is 0 Å². The van der Waals surface area contributed by atoms with Crippen molar-refractivity contribution >= 4 is 115 Å². The van der Waals surface area contributed by atoms with Gasteiger partial charge in [0.15, 0.2) is 0 Å². The number of benzene rings is 10. The molecular weight excluding hydrogens is 803 g/mol. The highest BCUT2D eigenvalue weighted by molar-refractivity contribution is 6.31. The molecule has 0 amide bonds. The number of anilines is 3. The Morgan fingerprint density at radius 3 is 1.44 bits per heavy atom. The second-order valence-electron chi connectivity index (χ2n) is 18.3. The van der Waals surface area contributed by atoms with Crippen LogP contribution in [0.25, 0.3) is 109 Å². The molecule has 0 aliphatic heterocycles. The Bertz CT molecular complexity index is 4280. The van der Waals surface area contributed by atoms with Crippen molar-refractivity contribution in [2.75, 3.05) is 4.90 Å². The summed E-state index contributed by atoms with van der Waals surface area (Å²) in [7, 11) is 0. The summed E-state index contributed by atoms with van der Waals surface area (Å²) in [4.78, 5) is 2.44. The maximum atomic E-state index is 6.95. The van der Waals surface area contributed by atoms with E-state index in [0.717, 1.165) is 87.9 Å². The molecule has 11 aromatic carbocycles. The van der Waals surface area contributed by atoms with E-state index in [0.29, 0.717) is 0 Å². The van der Waals surface area contributed by atoms with E-state index >= 15 is 0 Å². The van der Waals surface area contributed by atoms with Crippen LogP contribution in [0.5, 0.6) is 0 Å². The first-order valence-corrected chi connectivity index (χ1v) is 22.8. The summed E-state index contributed by atoms with van der Waals surface area (Å²) in [6.45, 7) is 4.71. The summed E-state index contributed by atoms with van der Waals surface area (Å²) in [5.74, 6) is 0. The van der Waals surface area contributed by atoms with Crippen molar-refractivity contribution in [1.29, 1.82) is 0 Å². The molecular formula is C63H41NO2. The van der Waals surface area contributed by atoms with E-state index in [1.54, 1.807) is 0 Å². The van der Waals surface area contributed by atoms with Crippen molar-refractivity contribution in [2.24, 2.45) is 0 Å². The molecule has 14 rings (SSSR count). The van der Waals surface area contributed by atoms with Gasteiger partial charge < -0.3 is 13.7 Å². The standard InChI is InChI=1S/C63H41NO2/c1-63(2)56-24-12-9-20-47(56)48-31-28-40(37-57(48)63)64(39-29-34-60-55(36-39)50-22-11-13-25-58(50)65-60)38-27-30-46-52-32-33-53-49-21-10-14-26-59(49)66-62(53)61(52)51-23-8-7-18-44(51)42-16-4-3-15-41(42)43-17-5-6-19-45(43)54(46)35-38/h3-37H,1-2H3. The molecule has 0 saturated heterocycles. The predicted octanol–water partition coefficient (Wildman–Crippen LogP) is 18.2. The topological polar surface area (TPSA) is 29.5 Å². The molecule has 1 aliphatic carbocycles. The van der Waals surface area contributed by atoms with Gasteiger partial charge >= 0.3 is 0 Å². The average Bonchev–Trinajstić information content (AvgIpc) is 4.01. The highest BCUT2D eigenvalue weighted by atomic mass is 16.3. The number of hydrogen-bond donors (Lipinski definition) is 0. The molecule has 0 saturated carbocycles. The number of rotatable bonds is 3. The van der Waals surface area contributed by atoms with E-state index in [1.807, 2.05) is 6.07 Å². The molecule has 310 valence electrons. The number of para-hydroxylation sites is 2. The van der Waals surface area contributed by atoms with Crippen molar-refractivity contribution in [3.63, 3.8) is 0 Å². The molecule has 66 heavy (non-hydrogen) atoms. The lowest BCUT2D eigenvalue weighted by Crippen LogP contribution is -2.16. The molecule has 3 heteroatoms. The fourth-order valence-corrected chi connectivity index (χ4v) is 11.4. The van der Waals surface area contributed by atoms with Gasteiger partial charge in [-0.15, -0.1) is 0 Å². The number of nitrogens with zero attached hydrogens (tertiary/aromatic N) is 1. The fourth-order valence-electron chi connectivity index (χ4n) is 11.4. The van der Waals surface area contributed by atoms with Crippen molar-refractivity contribution < 1.29 is 8.83 Å². The zero-order valence-corrected chi connectivity index (χ0v) is 36.5. The van der Waals surface area contributed by atoms with E-state index in [-0.39, 0.29) is 5.41 Å². The summed E-state index contributed by atoms with van der Waals surface area (Å²) in [6.07, 6.45) is 0. The lowest BCUT2D eigenvalue weighted by atomic mass is 9.82. The maximum Gasteiger partial charge on any atom is 0.143 e. The fraction of sp³-hybridized carbons (Fsp3) is 0.0476. The Morgan fingerprint density at radius 2 is 0.727 bits per heavy atom. The molecule has 13 aromatic rings. The van der Waals surface area contributed by atoms with Gasteiger partial charge in [0.25, 0.3) is 0 Å². The first-order valence-electron chi connectivity index (χ1n) is 22.8. The van der Waals surface area contributed by atoms with E-state index in [4.69, 9.17) is 8.83 Å². The number of fused-ring (bicyclic) bond motifs is 20. The van der Waals surface area contributed by atoms with Crippen molar-refractivity contribution in [3.05, 3.63) is 223 Å². The maximum absolute atomic E-state index is 6.95. The van der Waals surface area contributed by atoms with E-state index in [2.05, 4.69) is 225 Å². The molecule has 2 heterocycles. The normalized spacial score (nSPS) is 13.1. The van der Waals surface area contributed by atoms with Crippen LogP contribution in [0.15, 0.2) is 221 Å². The molecule has 0 fully saturated rings. The largest absolute Gasteiger partial charge is 0.456 e. The van der Waals surface area contributed by atoms with Crippen molar-refractivity contribution in [2.45, 2.75) is 19.3 Å². The SMILES string of the molecule is CC1(C)c2ccccc2-c2ccc(N(c3ccc4oc5ccccc5c4c3)c3ccc4c(c3)c3ccccc3c3ccccc3c3ccccc3c3c4ccc4c5ccccc5oc43)cc21. The summed E-state index contributed by atoms with van der Waals surface area (Å²) in [5.41, 5.74) is 11.9.